The molecule has 2 aliphatic rings. The normalized spacial score (nSPS) is 20.0. The summed E-state index contributed by atoms with van der Waals surface area (Å²) >= 11 is 3.10. The molecule has 2 fully saturated rings. The minimum atomic E-state index is 0.0209. The zero-order valence-corrected chi connectivity index (χ0v) is 15.8. The molecular formula is C18H21N3O2S2. The predicted octanol–water partition coefficient (Wildman–Crippen LogP) is 3.31. The molecule has 5 nitrogen and oxygen atoms in total. The Hall–Kier alpha value is -1.73. The van der Waals surface area contributed by atoms with E-state index in [1.807, 2.05) is 29.3 Å². The first kappa shape index (κ1) is 16.7. The van der Waals surface area contributed by atoms with E-state index in [9.17, 15) is 9.59 Å². The maximum absolute atomic E-state index is 12.7. The van der Waals surface area contributed by atoms with Gasteiger partial charge in [0.2, 0.25) is 5.91 Å². The van der Waals surface area contributed by atoms with Gasteiger partial charge >= 0.3 is 0 Å². The number of carbonyl (C=O) groups excluding carboxylic acids is 2. The van der Waals surface area contributed by atoms with Crippen molar-refractivity contribution in [1.82, 2.24) is 15.2 Å². The van der Waals surface area contributed by atoms with E-state index in [2.05, 4.69) is 10.3 Å². The molecule has 0 spiro atoms. The van der Waals surface area contributed by atoms with Gasteiger partial charge in [-0.15, -0.1) is 22.7 Å². The lowest BCUT2D eigenvalue weighted by molar-refractivity contribution is -0.131. The van der Waals surface area contributed by atoms with Gasteiger partial charge in [0.15, 0.2) is 0 Å². The van der Waals surface area contributed by atoms with Crippen molar-refractivity contribution in [2.24, 2.45) is 0 Å². The Morgan fingerprint density at radius 3 is 2.88 bits per heavy atom. The summed E-state index contributed by atoms with van der Waals surface area (Å²) in [4.78, 5) is 33.1. The zero-order valence-electron chi connectivity index (χ0n) is 14.2. The third-order valence-electron chi connectivity index (χ3n) is 4.66. The molecule has 2 aromatic heterocycles. The molecule has 0 radical (unpaired) electrons. The smallest absolute Gasteiger partial charge is 0.261 e. The number of hydrogen-bond donors (Lipinski definition) is 1. The summed E-state index contributed by atoms with van der Waals surface area (Å²) in [6.07, 6.45) is 4.51. The molecule has 1 saturated heterocycles. The van der Waals surface area contributed by atoms with Gasteiger partial charge < -0.3 is 10.2 Å². The lowest BCUT2D eigenvalue weighted by atomic mass is 10.1. The molecule has 0 unspecified atom stereocenters. The second-order valence-corrected chi connectivity index (χ2v) is 8.91. The van der Waals surface area contributed by atoms with Crippen LogP contribution in [-0.2, 0) is 11.2 Å². The zero-order chi connectivity index (χ0) is 17.4. The number of aryl methyl sites for hydroxylation is 1. The van der Waals surface area contributed by atoms with E-state index < -0.39 is 0 Å². The fraction of sp³-hybridized carbons (Fsp3) is 0.500. The molecule has 132 valence electrons. The number of hydrogen-bond acceptors (Lipinski definition) is 5. The van der Waals surface area contributed by atoms with E-state index in [1.54, 1.807) is 11.3 Å². The lowest BCUT2D eigenvalue weighted by Gasteiger charge is -2.23. The maximum atomic E-state index is 12.7. The van der Waals surface area contributed by atoms with Crippen molar-refractivity contribution >= 4 is 34.5 Å². The van der Waals surface area contributed by atoms with E-state index in [-0.39, 0.29) is 17.9 Å². The highest BCUT2D eigenvalue weighted by molar-refractivity contribution is 7.14. The van der Waals surface area contributed by atoms with E-state index in [1.165, 1.54) is 11.3 Å². The monoisotopic (exact) mass is 375 g/mol. The Balaban J connectivity index is 1.44. The van der Waals surface area contributed by atoms with Crippen LogP contribution in [0.5, 0.6) is 0 Å². The number of nitrogens with one attached hydrogen (secondary N) is 1. The van der Waals surface area contributed by atoms with Crippen LogP contribution in [0, 0.1) is 6.92 Å². The fourth-order valence-electron chi connectivity index (χ4n) is 3.25. The molecule has 2 aromatic rings. The van der Waals surface area contributed by atoms with Crippen molar-refractivity contribution in [3.63, 3.8) is 0 Å². The Morgan fingerprint density at radius 2 is 2.16 bits per heavy atom. The first-order chi connectivity index (χ1) is 12.1. The van der Waals surface area contributed by atoms with Crippen molar-refractivity contribution in [1.29, 1.82) is 0 Å². The number of carbonyl (C=O) groups is 2. The average molecular weight is 376 g/mol. The van der Waals surface area contributed by atoms with Crippen LogP contribution >= 0.6 is 22.7 Å². The van der Waals surface area contributed by atoms with Crippen LogP contribution in [-0.4, -0.2) is 34.3 Å². The standard InChI is InChI=1S/C18H21N3O2S2/c1-11-19-13(10-24-11)9-17(22)21-8-2-3-14(21)15-6-7-16(25-15)18(23)20-12-4-5-12/h6-7,10,12,14H,2-5,8-9H2,1H3,(H,20,23)/t14-/m0/s1. The number of aromatic nitrogens is 1. The highest BCUT2D eigenvalue weighted by Gasteiger charge is 2.32. The summed E-state index contributed by atoms with van der Waals surface area (Å²) in [5, 5.41) is 5.98. The predicted molar refractivity (Wildman–Crippen MR) is 99.1 cm³/mol. The Labute approximate surface area is 155 Å². The van der Waals surface area contributed by atoms with Crippen LogP contribution in [0.1, 0.15) is 57.0 Å². The SMILES string of the molecule is Cc1nc(CC(=O)N2CCC[C@H]2c2ccc(C(=O)NC3CC3)s2)cs1. The molecule has 1 N–H and O–H groups in total. The fourth-order valence-corrected chi connectivity index (χ4v) is 4.92. The van der Waals surface area contributed by atoms with Crippen LogP contribution in [0.15, 0.2) is 17.5 Å². The van der Waals surface area contributed by atoms with Crippen molar-refractivity contribution in [3.8, 4) is 0 Å². The summed E-state index contributed by atoms with van der Waals surface area (Å²) < 4.78 is 0. The van der Waals surface area contributed by atoms with Crippen molar-refractivity contribution < 1.29 is 9.59 Å². The second-order valence-electron chi connectivity index (χ2n) is 6.73. The number of thiophene rings is 1. The van der Waals surface area contributed by atoms with Crippen LogP contribution in [0.25, 0.3) is 0 Å². The van der Waals surface area contributed by atoms with E-state index in [0.717, 1.165) is 52.7 Å². The van der Waals surface area contributed by atoms with Crippen LogP contribution in [0.2, 0.25) is 0 Å². The molecule has 1 saturated carbocycles. The van der Waals surface area contributed by atoms with Crippen molar-refractivity contribution in [3.05, 3.63) is 38.0 Å². The molecule has 0 aromatic carbocycles. The summed E-state index contributed by atoms with van der Waals surface area (Å²) in [6.45, 7) is 2.74. The average Bonchev–Trinajstić information content (AvgIpc) is 3.00. The van der Waals surface area contributed by atoms with Crippen LogP contribution < -0.4 is 5.32 Å². The Morgan fingerprint density at radius 1 is 1.32 bits per heavy atom. The highest BCUT2D eigenvalue weighted by atomic mass is 32.1. The van der Waals surface area contributed by atoms with E-state index >= 15 is 0 Å². The van der Waals surface area contributed by atoms with Crippen molar-refractivity contribution in [2.75, 3.05) is 6.54 Å². The van der Waals surface area contributed by atoms with Gasteiger partial charge in [-0.3, -0.25) is 9.59 Å². The molecule has 7 heteroatoms. The summed E-state index contributed by atoms with van der Waals surface area (Å²) in [5.41, 5.74) is 0.855. The minimum absolute atomic E-state index is 0.0209. The van der Waals surface area contributed by atoms with Gasteiger partial charge in [-0.05, 0) is 44.7 Å². The summed E-state index contributed by atoms with van der Waals surface area (Å²) in [7, 11) is 0. The largest absolute Gasteiger partial charge is 0.349 e. The second kappa shape index (κ2) is 6.88. The molecular weight excluding hydrogens is 354 g/mol. The molecule has 2 amide bonds. The number of likely N-dealkylation sites (tertiary alicyclic amines) is 1. The van der Waals surface area contributed by atoms with Crippen molar-refractivity contribution in [2.45, 2.75) is 51.1 Å². The maximum Gasteiger partial charge on any atom is 0.261 e. The molecule has 4 rings (SSSR count). The van der Waals surface area contributed by atoms with E-state index in [0.29, 0.717) is 12.5 Å². The van der Waals surface area contributed by atoms with Gasteiger partial charge in [0.05, 0.1) is 28.0 Å². The minimum Gasteiger partial charge on any atom is -0.349 e. The molecule has 1 aliphatic carbocycles. The lowest BCUT2D eigenvalue weighted by Crippen LogP contribution is -2.31. The first-order valence-corrected chi connectivity index (χ1v) is 10.4. The first-order valence-electron chi connectivity index (χ1n) is 8.71. The summed E-state index contributed by atoms with van der Waals surface area (Å²) in [6, 6.07) is 4.36. The van der Waals surface area contributed by atoms with Gasteiger partial charge in [-0.1, -0.05) is 0 Å². The molecule has 1 aliphatic heterocycles. The summed E-state index contributed by atoms with van der Waals surface area (Å²) in [5.74, 6) is 0.151. The molecule has 0 bridgehead atoms. The molecule has 25 heavy (non-hydrogen) atoms. The Kier molecular flexibility index (Phi) is 4.60. The number of rotatable bonds is 5. The highest BCUT2D eigenvalue weighted by Crippen LogP contribution is 2.36. The number of amides is 2. The van der Waals surface area contributed by atoms with Crippen LogP contribution in [0.4, 0.5) is 0 Å². The molecule has 3 heterocycles. The topological polar surface area (TPSA) is 62.3 Å². The van der Waals surface area contributed by atoms with Gasteiger partial charge in [-0.2, -0.15) is 0 Å². The van der Waals surface area contributed by atoms with Gasteiger partial charge in [0.25, 0.3) is 5.91 Å². The third kappa shape index (κ3) is 3.77. The number of nitrogens with zero attached hydrogens (tertiary/aromatic N) is 2. The number of thiazole rings is 1. The van der Waals surface area contributed by atoms with Gasteiger partial charge in [0, 0.05) is 22.8 Å². The third-order valence-corrected chi connectivity index (χ3v) is 6.67. The van der Waals surface area contributed by atoms with Crippen LogP contribution in [0.3, 0.4) is 0 Å². The Bertz CT molecular complexity index is 794. The van der Waals surface area contributed by atoms with Gasteiger partial charge in [-0.25, -0.2) is 4.98 Å². The van der Waals surface area contributed by atoms with Gasteiger partial charge in [0.1, 0.15) is 0 Å². The molecule has 1 atom stereocenters. The van der Waals surface area contributed by atoms with E-state index in [4.69, 9.17) is 0 Å². The quantitative estimate of drug-likeness (QED) is 0.872.